The third kappa shape index (κ3) is 5.48. The number of aromatic nitrogens is 1. The van der Waals surface area contributed by atoms with Gasteiger partial charge in [0.25, 0.3) is 0 Å². The van der Waals surface area contributed by atoms with Crippen LogP contribution in [0.1, 0.15) is 5.69 Å². The molecule has 6 nitrogen and oxygen atoms in total. The molecule has 2 N–H and O–H groups in total. The first-order valence-corrected chi connectivity index (χ1v) is 12.9. The zero-order valence-corrected chi connectivity index (χ0v) is 20.5. The minimum Gasteiger partial charge on any atom is -0.379 e. The summed E-state index contributed by atoms with van der Waals surface area (Å²) in [5, 5.41) is 8.04. The molecular formula is C28H28N4O2S. The summed E-state index contributed by atoms with van der Waals surface area (Å²) >= 11 is 1.60. The van der Waals surface area contributed by atoms with E-state index in [1.807, 2.05) is 67.0 Å². The Labute approximate surface area is 209 Å². The number of hydrogen-bond donors (Lipinski definition) is 2. The van der Waals surface area contributed by atoms with Crippen LogP contribution in [0, 0.1) is 0 Å². The second kappa shape index (κ2) is 10.9. The van der Waals surface area contributed by atoms with Gasteiger partial charge < -0.3 is 15.4 Å². The number of rotatable bonds is 6. The zero-order chi connectivity index (χ0) is 24.0. The molecule has 1 aliphatic heterocycles. The third-order valence-electron chi connectivity index (χ3n) is 6.15. The average molecular weight is 485 g/mol. The molecule has 0 radical (unpaired) electrons. The van der Waals surface area contributed by atoms with Gasteiger partial charge in [-0.1, -0.05) is 48.5 Å². The van der Waals surface area contributed by atoms with E-state index < -0.39 is 0 Å². The monoisotopic (exact) mass is 484 g/mol. The van der Waals surface area contributed by atoms with Crippen molar-refractivity contribution in [3.05, 3.63) is 84.7 Å². The highest BCUT2D eigenvalue weighted by atomic mass is 32.2. The number of amides is 2. The van der Waals surface area contributed by atoms with Crippen LogP contribution in [-0.4, -0.2) is 48.5 Å². The van der Waals surface area contributed by atoms with Gasteiger partial charge in [-0.25, -0.2) is 4.79 Å². The first kappa shape index (κ1) is 23.4. The second-order valence-corrected chi connectivity index (χ2v) is 9.26. The van der Waals surface area contributed by atoms with Crippen molar-refractivity contribution in [1.29, 1.82) is 0 Å². The lowest BCUT2D eigenvalue weighted by molar-refractivity contribution is 0.0336. The second-order valence-electron chi connectivity index (χ2n) is 8.41. The summed E-state index contributed by atoms with van der Waals surface area (Å²) in [5.74, 6) is 0. The first-order chi connectivity index (χ1) is 17.2. The fourth-order valence-corrected chi connectivity index (χ4v) is 4.90. The molecule has 0 unspecified atom stereocenters. The summed E-state index contributed by atoms with van der Waals surface area (Å²) in [5.41, 5.74) is 4.75. The Bertz CT molecular complexity index is 1320. The first-order valence-electron chi connectivity index (χ1n) is 11.7. The molecular weight excluding hydrogens is 456 g/mol. The Balaban J connectivity index is 1.36. The molecule has 1 aromatic heterocycles. The quantitative estimate of drug-likeness (QED) is 0.324. The predicted molar refractivity (Wildman–Crippen MR) is 144 cm³/mol. The summed E-state index contributed by atoms with van der Waals surface area (Å²) in [4.78, 5) is 20.9. The number of para-hydroxylation sites is 1. The third-order valence-corrected chi connectivity index (χ3v) is 6.95. The van der Waals surface area contributed by atoms with Crippen molar-refractivity contribution in [3.8, 4) is 11.1 Å². The number of hydrogen-bond acceptors (Lipinski definition) is 5. The van der Waals surface area contributed by atoms with Gasteiger partial charge in [0, 0.05) is 41.7 Å². The highest BCUT2D eigenvalue weighted by Crippen LogP contribution is 2.33. The number of urea groups is 1. The molecule has 3 aromatic carbocycles. The SMILES string of the molecule is CSc1ccccc1NC(=O)Nc1ccc(-c2ccc(CN3CCOCC3)nc2)c2ccccc12. The molecule has 5 rings (SSSR count). The highest BCUT2D eigenvalue weighted by Gasteiger charge is 2.14. The minimum absolute atomic E-state index is 0.265. The number of anilines is 2. The topological polar surface area (TPSA) is 66.5 Å². The van der Waals surface area contributed by atoms with Gasteiger partial charge in [-0.05, 0) is 41.5 Å². The zero-order valence-electron chi connectivity index (χ0n) is 19.7. The van der Waals surface area contributed by atoms with E-state index in [0.717, 1.165) is 76.7 Å². The van der Waals surface area contributed by atoms with Gasteiger partial charge in [0.1, 0.15) is 0 Å². The average Bonchev–Trinajstić information content (AvgIpc) is 2.90. The molecule has 0 spiro atoms. The number of benzene rings is 3. The smallest absolute Gasteiger partial charge is 0.323 e. The molecule has 178 valence electrons. The standard InChI is InChI=1S/C28H28N4O2S/c1-35-27-9-5-4-8-26(27)31-28(33)30-25-13-12-22(23-6-2-3-7-24(23)25)20-10-11-21(29-18-20)19-32-14-16-34-17-15-32/h2-13,18H,14-17,19H2,1H3,(H2,30,31,33). The lowest BCUT2D eigenvalue weighted by Crippen LogP contribution is -2.35. The maximum atomic E-state index is 12.8. The summed E-state index contributed by atoms with van der Waals surface area (Å²) in [6, 6.07) is 23.9. The lowest BCUT2D eigenvalue weighted by atomic mass is 9.98. The van der Waals surface area contributed by atoms with Crippen LogP contribution in [0.15, 0.2) is 83.9 Å². The van der Waals surface area contributed by atoms with Crippen molar-refractivity contribution >= 4 is 39.9 Å². The number of nitrogens with zero attached hydrogens (tertiary/aromatic N) is 2. The molecule has 1 fully saturated rings. The van der Waals surface area contributed by atoms with E-state index in [0.29, 0.717) is 0 Å². The van der Waals surface area contributed by atoms with Crippen molar-refractivity contribution in [3.63, 3.8) is 0 Å². The minimum atomic E-state index is -0.265. The summed E-state index contributed by atoms with van der Waals surface area (Å²) in [6.45, 7) is 4.29. The van der Waals surface area contributed by atoms with Crippen LogP contribution in [-0.2, 0) is 11.3 Å². The Kier molecular flexibility index (Phi) is 7.28. The Morgan fingerprint density at radius 1 is 0.914 bits per heavy atom. The number of fused-ring (bicyclic) bond motifs is 1. The van der Waals surface area contributed by atoms with E-state index >= 15 is 0 Å². The predicted octanol–water partition coefficient (Wildman–Crippen LogP) is 6.10. The van der Waals surface area contributed by atoms with E-state index in [2.05, 4.69) is 33.7 Å². The van der Waals surface area contributed by atoms with Gasteiger partial charge in [-0.2, -0.15) is 0 Å². The van der Waals surface area contributed by atoms with Gasteiger partial charge >= 0.3 is 6.03 Å². The molecule has 0 atom stereocenters. The molecule has 0 bridgehead atoms. The number of carbonyl (C=O) groups excluding carboxylic acids is 1. The van der Waals surface area contributed by atoms with Crippen LogP contribution in [0.25, 0.3) is 21.9 Å². The van der Waals surface area contributed by atoms with Crippen molar-refractivity contribution in [2.75, 3.05) is 43.2 Å². The van der Waals surface area contributed by atoms with E-state index in [1.54, 1.807) is 11.8 Å². The molecule has 35 heavy (non-hydrogen) atoms. The summed E-state index contributed by atoms with van der Waals surface area (Å²) in [7, 11) is 0. The Hall–Kier alpha value is -3.39. The van der Waals surface area contributed by atoms with Crippen molar-refractivity contribution < 1.29 is 9.53 Å². The van der Waals surface area contributed by atoms with Crippen molar-refractivity contribution in [1.82, 2.24) is 9.88 Å². The number of morpholine rings is 1. The van der Waals surface area contributed by atoms with Crippen LogP contribution in [0.2, 0.25) is 0 Å². The molecule has 4 aromatic rings. The Morgan fingerprint density at radius 3 is 2.43 bits per heavy atom. The maximum absolute atomic E-state index is 12.8. The summed E-state index contributed by atoms with van der Waals surface area (Å²) in [6.07, 6.45) is 3.94. The van der Waals surface area contributed by atoms with Gasteiger partial charge in [-0.3, -0.25) is 9.88 Å². The van der Waals surface area contributed by atoms with Crippen LogP contribution >= 0.6 is 11.8 Å². The van der Waals surface area contributed by atoms with E-state index in [-0.39, 0.29) is 6.03 Å². The molecule has 2 amide bonds. The highest BCUT2D eigenvalue weighted by molar-refractivity contribution is 7.98. The lowest BCUT2D eigenvalue weighted by Gasteiger charge is -2.26. The number of thioether (sulfide) groups is 1. The fraction of sp³-hybridized carbons (Fsp3) is 0.214. The fourth-order valence-electron chi connectivity index (χ4n) is 4.35. The van der Waals surface area contributed by atoms with Gasteiger partial charge in [0.15, 0.2) is 0 Å². The van der Waals surface area contributed by atoms with Crippen molar-refractivity contribution in [2.45, 2.75) is 11.4 Å². The molecule has 1 saturated heterocycles. The van der Waals surface area contributed by atoms with E-state index in [1.165, 1.54) is 0 Å². The van der Waals surface area contributed by atoms with Crippen LogP contribution in [0.5, 0.6) is 0 Å². The Morgan fingerprint density at radius 2 is 1.66 bits per heavy atom. The number of ether oxygens (including phenoxy) is 1. The number of pyridine rings is 1. The van der Waals surface area contributed by atoms with E-state index in [4.69, 9.17) is 9.72 Å². The molecule has 7 heteroatoms. The van der Waals surface area contributed by atoms with Crippen LogP contribution in [0.3, 0.4) is 0 Å². The molecule has 1 aliphatic rings. The van der Waals surface area contributed by atoms with Gasteiger partial charge in [-0.15, -0.1) is 11.8 Å². The van der Waals surface area contributed by atoms with Crippen molar-refractivity contribution in [2.24, 2.45) is 0 Å². The largest absolute Gasteiger partial charge is 0.379 e. The molecule has 2 heterocycles. The molecule has 0 aliphatic carbocycles. The normalized spacial score (nSPS) is 14.1. The van der Waals surface area contributed by atoms with Crippen LogP contribution < -0.4 is 10.6 Å². The molecule has 0 saturated carbocycles. The number of nitrogens with one attached hydrogen (secondary N) is 2. The number of carbonyl (C=O) groups is 1. The van der Waals surface area contributed by atoms with Gasteiger partial charge in [0.2, 0.25) is 0 Å². The van der Waals surface area contributed by atoms with Crippen LogP contribution in [0.4, 0.5) is 16.2 Å². The van der Waals surface area contributed by atoms with E-state index in [9.17, 15) is 4.79 Å². The summed E-state index contributed by atoms with van der Waals surface area (Å²) < 4.78 is 5.44. The maximum Gasteiger partial charge on any atom is 0.323 e. The van der Waals surface area contributed by atoms with Gasteiger partial charge in [0.05, 0.1) is 30.3 Å².